The second-order valence-corrected chi connectivity index (χ2v) is 8.03. The zero-order valence-corrected chi connectivity index (χ0v) is 20.6. The van der Waals surface area contributed by atoms with Crippen molar-refractivity contribution in [3.8, 4) is 0 Å². The summed E-state index contributed by atoms with van der Waals surface area (Å²) in [6, 6.07) is 10.4. The third-order valence-corrected chi connectivity index (χ3v) is 5.66. The van der Waals surface area contributed by atoms with Gasteiger partial charge in [0.15, 0.2) is 5.96 Å². The van der Waals surface area contributed by atoms with Crippen molar-refractivity contribution in [2.75, 3.05) is 40.9 Å². The maximum Gasteiger partial charge on any atom is 0.243 e. The van der Waals surface area contributed by atoms with Crippen LogP contribution < -0.4 is 10.6 Å². The van der Waals surface area contributed by atoms with E-state index in [0.29, 0.717) is 5.96 Å². The summed E-state index contributed by atoms with van der Waals surface area (Å²) in [4.78, 5) is 18.1. The summed E-state index contributed by atoms with van der Waals surface area (Å²) in [6.45, 7) is 3.87. The summed E-state index contributed by atoms with van der Waals surface area (Å²) in [7, 11) is 5.27. The molecule has 1 aromatic rings. The second-order valence-electron chi connectivity index (χ2n) is 8.03. The monoisotopic (exact) mass is 516 g/mol. The number of likely N-dealkylation sites (N-methyl/N-ethyl adjacent to an activating group) is 1. The van der Waals surface area contributed by atoms with Crippen LogP contribution in [0, 0.1) is 5.41 Å². The molecule has 1 amide bonds. The first-order chi connectivity index (χ1) is 13.5. The average molecular weight is 516 g/mol. The number of nitrogens with one attached hydrogen (secondary N) is 2. The highest BCUT2D eigenvalue weighted by Gasteiger charge is 2.33. The Morgan fingerprint density at radius 3 is 2.48 bits per heavy atom. The summed E-state index contributed by atoms with van der Waals surface area (Å²) in [5.74, 6) is 0.679. The summed E-state index contributed by atoms with van der Waals surface area (Å²) in [6.07, 6.45) is 6.01. The van der Waals surface area contributed by atoms with Crippen molar-refractivity contribution in [1.82, 2.24) is 15.5 Å². The number of benzene rings is 1. The largest absolute Gasteiger partial charge is 0.385 e. The van der Waals surface area contributed by atoms with Gasteiger partial charge in [-0.05, 0) is 37.2 Å². The minimum absolute atomic E-state index is 0. The van der Waals surface area contributed by atoms with E-state index in [1.54, 1.807) is 26.1 Å². The summed E-state index contributed by atoms with van der Waals surface area (Å²) in [5.41, 5.74) is 1.44. The van der Waals surface area contributed by atoms with E-state index in [0.717, 1.165) is 19.6 Å². The number of carbonyl (C=O) groups excluding carboxylic acids is 1. The summed E-state index contributed by atoms with van der Waals surface area (Å²) in [5, 5.41) is 6.98. The van der Waals surface area contributed by atoms with Crippen molar-refractivity contribution in [2.45, 2.75) is 45.1 Å². The van der Waals surface area contributed by atoms with Gasteiger partial charge in [-0.15, -0.1) is 24.0 Å². The molecule has 2 N–H and O–H groups in total. The van der Waals surface area contributed by atoms with E-state index in [9.17, 15) is 4.79 Å². The molecule has 7 heteroatoms. The fourth-order valence-corrected chi connectivity index (χ4v) is 3.70. The molecule has 1 aliphatic carbocycles. The molecule has 1 aromatic carbocycles. The Morgan fingerprint density at radius 2 is 1.90 bits per heavy atom. The SMILES string of the molecule is COCCC1(CNC(=NCC(=O)N(C)C)NC(C)c2ccccc2)CCCC1.I. The van der Waals surface area contributed by atoms with E-state index in [2.05, 4.69) is 34.7 Å². The number of hydrogen-bond donors (Lipinski definition) is 2. The Bertz CT molecular complexity index is 631. The predicted molar refractivity (Wildman–Crippen MR) is 130 cm³/mol. The molecule has 1 unspecified atom stereocenters. The van der Waals surface area contributed by atoms with Gasteiger partial charge in [0.1, 0.15) is 6.54 Å². The number of aliphatic imine (C=N–C) groups is 1. The van der Waals surface area contributed by atoms with Crippen LogP contribution in [0.25, 0.3) is 0 Å². The van der Waals surface area contributed by atoms with Crippen LogP contribution >= 0.6 is 24.0 Å². The predicted octanol–water partition coefficient (Wildman–Crippen LogP) is 3.59. The number of methoxy groups -OCH3 is 1. The van der Waals surface area contributed by atoms with Gasteiger partial charge >= 0.3 is 0 Å². The van der Waals surface area contributed by atoms with Gasteiger partial charge in [-0.1, -0.05) is 43.2 Å². The normalized spacial score (nSPS) is 16.6. The molecule has 0 aliphatic heterocycles. The summed E-state index contributed by atoms with van der Waals surface area (Å²) >= 11 is 0. The molecule has 0 radical (unpaired) electrons. The lowest BCUT2D eigenvalue weighted by Gasteiger charge is -2.30. The highest BCUT2D eigenvalue weighted by atomic mass is 127. The Labute approximate surface area is 192 Å². The minimum Gasteiger partial charge on any atom is -0.385 e. The fraction of sp³-hybridized carbons (Fsp3) is 0.636. The van der Waals surface area contributed by atoms with Crippen LogP contribution in [0.4, 0.5) is 0 Å². The number of rotatable bonds is 9. The molecule has 0 saturated heterocycles. The molecule has 0 bridgehead atoms. The third-order valence-electron chi connectivity index (χ3n) is 5.66. The number of guanidine groups is 1. The smallest absolute Gasteiger partial charge is 0.243 e. The molecule has 0 heterocycles. The second kappa shape index (κ2) is 13.1. The van der Waals surface area contributed by atoms with Crippen molar-refractivity contribution in [3.63, 3.8) is 0 Å². The van der Waals surface area contributed by atoms with Crippen LogP contribution in [-0.2, 0) is 9.53 Å². The first kappa shape index (κ1) is 25.7. The zero-order chi connectivity index (χ0) is 20.4. The zero-order valence-electron chi connectivity index (χ0n) is 18.2. The first-order valence-electron chi connectivity index (χ1n) is 10.2. The molecule has 29 heavy (non-hydrogen) atoms. The molecule has 2 rings (SSSR count). The van der Waals surface area contributed by atoms with E-state index in [1.165, 1.54) is 31.2 Å². The first-order valence-corrected chi connectivity index (χ1v) is 10.2. The van der Waals surface area contributed by atoms with Gasteiger partial charge < -0.3 is 20.3 Å². The molecule has 1 atom stereocenters. The summed E-state index contributed by atoms with van der Waals surface area (Å²) < 4.78 is 5.34. The van der Waals surface area contributed by atoms with Crippen molar-refractivity contribution in [1.29, 1.82) is 0 Å². The Balaban J connectivity index is 0.00000420. The van der Waals surface area contributed by atoms with E-state index >= 15 is 0 Å². The van der Waals surface area contributed by atoms with Crippen molar-refractivity contribution < 1.29 is 9.53 Å². The van der Waals surface area contributed by atoms with Gasteiger partial charge in [-0.2, -0.15) is 0 Å². The Morgan fingerprint density at radius 1 is 1.24 bits per heavy atom. The quantitative estimate of drug-likeness (QED) is 0.299. The van der Waals surface area contributed by atoms with Crippen LogP contribution in [0.1, 0.15) is 50.6 Å². The average Bonchev–Trinajstić information content (AvgIpc) is 3.17. The van der Waals surface area contributed by atoms with Crippen molar-refractivity contribution in [3.05, 3.63) is 35.9 Å². The highest BCUT2D eigenvalue weighted by Crippen LogP contribution is 2.40. The molecule has 1 saturated carbocycles. The molecule has 0 aromatic heterocycles. The van der Waals surface area contributed by atoms with E-state index in [1.807, 2.05) is 18.2 Å². The third kappa shape index (κ3) is 8.50. The number of carbonyl (C=O) groups is 1. The maximum atomic E-state index is 12.0. The Hall–Kier alpha value is -1.35. The number of halogens is 1. The van der Waals surface area contributed by atoms with E-state index in [-0.39, 0.29) is 47.9 Å². The van der Waals surface area contributed by atoms with Crippen LogP contribution in [0.15, 0.2) is 35.3 Å². The van der Waals surface area contributed by atoms with Gasteiger partial charge in [-0.3, -0.25) is 4.79 Å². The van der Waals surface area contributed by atoms with Crippen molar-refractivity contribution in [2.24, 2.45) is 10.4 Å². The topological polar surface area (TPSA) is 66.0 Å². The lowest BCUT2D eigenvalue weighted by Crippen LogP contribution is -2.44. The molecule has 1 fully saturated rings. The highest BCUT2D eigenvalue weighted by molar-refractivity contribution is 14.0. The molecule has 6 nitrogen and oxygen atoms in total. The molecular weight excluding hydrogens is 479 g/mol. The van der Waals surface area contributed by atoms with Gasteiger partial charge in [-0.25, -0.2) is 4.99 Å². The maximum absolute atomic E-state index is 12.0. The lowest BCUT2D eigenvalue weighted by atomic mass is 9.83. The standard InChI is InChI=1S/C22H36N4O2.HI/c1-18(19-10-6-5-7-11-19)25-21(23-16-20(27)26(2)3)24-17-22(14-15-28-4)12-8-9-13-22;/h5-7,10-11,18H,8-9,12-17H2,1-4H3,(H2,23,24,25);1H. The van der Waals surface area contributed by atoms with Gasteiger partial charge in [0.05, 0.1) is 6.04 Å². The number of hydrogen-bond acceptors (Lipinski definition) is 3. The minimum atomic E-state index is -0.0107. The van der Waals surface area contributed by atoms with E-state index < -0.39 is 0 Å². The molecule has 1 aliphatic rings. The van der Waals surface area contributed by atoms with Crippen molar-refractivity contribution >= 4 is 35.8 Å². The fourth-order valence-electron chi connectivity index (χ4n) is 3.70. The number of ether oxygens (including phenoxy) is 1. The lowest BCUT2D eigenvalue weighted by molar-refractivity contribution is -0.127. The van der Waals surface area contributed by atoms with Gasteiger partial charge in [0.2, 0.25) is 5.91 Å². The molecule has 164 valence electrons. The van der Waals surface area contributed by atoms with Crippen LogP contribution in [0.2, 0.25) is 0 Å². The van der Waals surface area contributed by atoms with Gasteiger partial charge in [0, 0.05) is 34.4 Å². The van der Waals surface area contributed by atoms with Crippen LogP contribution in [0.5, 0.6) is 0 Å². The number of nitrogens with zero attached hydrogens (tertiary/aromatic N) is 2. The van der Waals surface area contributed by atoms with Crippen LogP contribution in [-0.4, -0.2) is 57.7 Å². The Kier molecular flexibility index (Phi) is 11.6. The van der Waals surface area contributed by atoms with Gasteiger partial charge in [0.25, 0.3) is 0 Å². The van der Waals surface area contributed by atoms with Crippen LogP contribution in [0.3, 0.4) is 0 Å². The molecule has 0 spiro atoms. The number of amides is 1. The van der Waals surface area contributed by atoms with E-state index in [4.69, 9.17) is 4.74 Å². The molecular formula is C22H37IN4O2.